The van der Waals surface area contributed by atoms with E-state index in [0.717, 1.165) is 43.0 Å². The molecular formula is C12H17N3O2S. The van der Waals surface area contributed by atoms with E-state index in [1.54, 1.807) is 0 Å². The molecule has 0 bridgehead atoms. The van der Waals surface area contributed by atoms with Crippen molar-refractivity contribution in [2.45, 2.75) is 30.9 Å². The summed E-state index contributed by atoms with van der Waals surface area (Å²) in [7, 11) is -2.95. The van der Waals surface area contributed by atoms with Crippen LogP contribution in [0.25, 0.3) is 0 Å². The second kappa shape index (κ2) is 4.59. The Morgan fingerprint density at radius 3 is 3.06 bits per heavy atom. The van der Waals surface area contributed by atoms with Gasteiger partial charge in [0.05, 0.1) is 17.2 Å². The van der Waals surface area contributed by atoms with Crippen LogP contribution in [0.5, 0.6) is 0 Å². The number of piperidine rings is 1. The van der Waals surface area contributed by atoms with E-state index in [2.05, 4.69) is 15.3 Å². The number of sulfone groups is 1. The summed E-state index contributed by atoms with van der Waals surface area (Å²) < 4.78 is 23.3. The van der Waals surface area contributed by atoms with E-state index >= 15 is 0 Å². The molecule has 1 saturated heterocycles. The van der Waals surface area contributed by atoms with Gasteiger partial charge in [-0.25, -0.2) is 18.4 Å². The minimum Gasteiger partial charge on any atom is -0.316 e. The van der Waals surface area contributed by atoms with Gasteiger partial charge in [-0.15, -0.1) is 0 Å². The van der Waals surface area contributed by atoms with E-state index < -0.39 is 9.84 Å². The molecule has 18 heavy (non-hydrogen) atoms. The van der Waals surface area contributed by atoms with Crippen LogP contribution < -0.4 is 5.32 Å². The van der Waals surface area contributed by atoms with Crippen LogP contribution in [0.2, 0.25) is 0 Å². The molecule has 3 heterocycles. The fourth-order valence-electron chi connectivity index (χ4n) is 2.61. The zero-order chi connectivity index (χ0) is 12.6. The third kappa shape index (κ3) is 2.40. The normalized spacial score (nSPS) is 26.6. The molecule has 6 heteroatoms. The van der Waals surface area contributed by atoms with Gasteiger partial charge in [0.1, 0.15) is 5.82 Å². The van der Waals surface area contributed by atoms with Crippen LogP contribution in [0.15, 0.2) is 6.20 Å². The maximum Gasteiger partial charge on any atom is 0.156 e. The van der Waals surface area contributed by atoms with Gasteiger partial charge in [-0.05, 0) is 31.4 Å². The lowest BCUT2D eigenvalue weighted by atomic mass is 9.98. The van der Waals surface area contributed by atoms with Gasteiger partial charge in [0, 0.05) is 18.7 Å². The molecule has 1 aromatic rings. The van der Waals surface area contributed by atoms with Gasteiger partial charge >= 0.3 is 0 Å². The van der Waals surface area contributed by atoms with Gasteiger partial charge in [0.25, 0.3) is 0 Å². The van der Waals surface area contributed by atoms with Crippen molar-refractivity contribution in [2.75, 3.05) is 18.8 Å². The molecule has 0 amide bonds. The summed E-state index contributed by atoms with van der Waals surface area (Å²) in [6.45, 7) is 1.95. The van der Waals surface area contributed by atoms with Gasteiger partial charge in [-0.1, -0.05) is 0 Å². The smallest absolute Gasteiger partial charge is 0.156 e. The van der Waals surface area contributed by atoms with E-state index in [9.17, 15) is 8.42 Å². The average Bonchev–Trinajstić information content (AvgIpc) is 2.38. The highest BCUT2D eigenvalue weighted by Gasteiger charge is 2.25. The molecule has 1 aromatic heterocycles. The second-order valence-electron chi connectivity index (χ2n) is 5.09. The van der Waals surface area contributed by atoms with E-state index in [1.165, 1.54) is 0 Å². The van der Waals surface area contributed by atoms with Crippen LogP contribution in [0, 0.1) is 0 Å². The van der Waals surface area contributed by atoms with Crippen LogP contribution in [-0.2, 0) is 22.0 Å². The Kier molecular flexibility index (Phi) is 3.07. The molecule has 0 radical (unpaired) electrons. The van der Waals surface area contributed by atoms with E-state index in [-0.39, 0.29) is 11.5 Å². The number of hydrogen-bond acceptors (Lipinski definition) is 5. The second-order valence-corrected chi connectivity index (χ2v) is 7.27. The zero-order valence-electron chi connectivity index (χ0n) is 10.2. The molecule has 1 unspecified atom stereocenters. The Morgan fingerprint density at radius 2 is 2.28 bits per heavy atom. The Morgan fingerprint density at radius 1 is 1.39 bits per heavy atom. The number of rotatable bonds is 1. The van der Waals surface area contributed by atoms with Crippen molar-refractivity contribution in [1.82, 2.24) is 15.3 Å². The van der Waals surface area contributed by atoms with Crippen molar-refractivity contribution in [1.29, 1.82) is 0 Å². The first kappa shape index (κ1) is 12.0. The predicted octanol–water partition coefficient (Wildman–Crippen LogP) is 0.414. The Hall–Kier alpha value is -1.01. The van der Waals surface area contributed by atoms with Gasteiger partial charge in [0.2, 0.25) is 0 Å². The third-order valence-electron chi connectivity index (χ3n) is 3.67. The largest absolute Gasteiger partial charge is 0.316 e. The molecule has 0 aromatic carbocycles. The molecule has 2 aliphatic heterocycles. The van der Waals surface area contributed by atoms with Gasteiger partial charge in [0.15, 0.2) is 9.84 Å². The molecular weight excluding hydrogens is 250 g/mol. The lowest BCUT2D eigenvalue weighted by molar-refractivity contribution is 0.445. The maximum atomic E-state index is 11.6. The molecule has 0 aliphatic carbocycles. The van der Waals surface area contributed by atoms with Crippen molar-refractivity contribution in [2.24, 2.45) is 0 Å². The lowest BCUT2D eigenvalue weighted by Crippen LogP contribution is -2.30. The van der Waals surface area contributed by atoms with Crippen LogP contribution in [0.1, 0.15) is 35.8 Å². The van der Waals surface area contributed by atoms with Crippen molar-refractivity contribution in [3.8, 4) is 0 Å². The number of nitrogens with one attached hydrogen (secondary N) is 1. The highest BCUT2D eigenvalue weighted by atomic mass is 32.2. The zero-order valence-corrected chi connectivity index (χ0v) is 11.0. The third-order valence-corrected chi connectivity index (χ3v) is 5.21. The molecule has 5 nitrogen and oxygen atoms in total. The molecule has 2 aliphatic rings. The monoisotopic (exact) mass is 267 g/mol. The molecule has 0 saturated carbocycles. The molecule has 1 N–H and O–H groups in total. The topological polar surface area (TPSA) is 72.0 Å². The fourth-order valence-corrected chi connectivity index (χ4v) is 3.95. The number of aryl methyl sites for hydroxylation is 1. The SMILES string of the molecule is O=S1(=O)CCc2cnc(C3CCCNC3)nc2C1. The summed E-state index contributed by atoms with van der Waals surface area (Å²) in [4.78, 5) is 8.92. The van der Waals surface area contributed by atoms with E-state index in [0.29, 0.717) is 12.3 Å². The quantitative estimate of drug-likeness (QED) is 0.798. The molecule has 98 valence electrons. The number of nitrogens with zero attached hydrogens (tertiary/aromatic N) is 2. The Bertz CT molecular complexity index is 550. The highest BCUT2D eigenvalue weighted by Crippen LogP contribution is 2.23. The van der Waals surface area contributed by atoms with Crippen molar-refractivity contribution >= 4 is 9.84 Å². The summed E-state index contributed by atoms with van der Waals surface area (Å²) in [5.41, 5.74) is 1.72. The van der Waals surface area contributed by atoms with Crippen molar-refractivity contribution in [3.63, 3.8) is 0 Å². The summed E-state index contributed by atoms with van der Waals surface area (Å²) in [6.07, 6.45) is 4.59. The molecule has 1 atom stereocenters. The number of fused-ring (bicyclic) bond motifs is 1. The van der Waals surface area contributed by atoms with Gasteiger partial charge < -0.3 is 5.32 Å². The standard InChI is InChI=1S/C12H17N3O2S/c16-18(17)5-3-9-7-14-12(15-11(9)8-18)10-2-1-4-13-6-10/h7,10,13H,1-6,8H2. The Balaban J connectivity index is 1.90. The summed E-state index contributed by atoms with van der Waals surface area (Å²) in [5, 5.41) is 3.33. The molecule has 1 fully saturated rings. The minimum absolute atomic E-state index is 0.0814. The lowest BCUT2D eigenvalue weighted by Gasteiger charge is -2.23. The molecule has 0 spiro atoms. The number of hydrogen-bond donors (Lipinski definition) is 1. The average molecular weight is 267 g/mol. The summed E-state index contributed by atoms with van der Waals surface area (Å²) in [5.74, 6) is 1.44. The maximum absolute atomic E-state index is 11.6. The molecule has 3 rings (SSSR count). The van der Waals surface area contributed by atoms with Crippen LogP contribution in [-0.4, -0.2) is 37.2 Å². The minimum atomic E-state index is -2.95. The van der Waals surface area contributed by atoms with Gasteiger partial charge in [-0.3, -0.25) is 0 Å². The van der Waals surface area contributed by atoms with Crippen molar-refractivity contribution < 1.29 is 8.42 Å². The first-order valence-electron chi connectivity index (χ1n) is 6.40. The Labute approximate surface area is 107 Å². The van der Waals surface area contributed by atoms with Crippen LogP contribution in [0.3, 0.4) is 0 Å². The van der Waals surface area contributed by atoms with Crippen LogP contribution >= 0.6 is 0 Å². The van der Waals surface area contributed by atoms with E-state index in [1.807, 2.05) is 6.20 Å². The fraction of sp³-hybridized carbons (Fsp3) is 0.667. The van der Waals surface area contributed by atoms with Crippen LogP contribution in [0.4, 0.5) is 0 Å². The summed E-state index contributed by atoms with van der Waals surface area (Å²) >= 11 is 0. The van der Waals surface area contributed by atoms with Crippen molar-refractivity contribution in [3.05, 3.63) is 23.3 Å². The first-order chi connectivity index (χ1) is 8.64. The highest BCUT2D eigenvalue weighted by molar-refractivity contribution is 7.90. The first-order valence-corrected chi connectivity index (χ1v) is 8.22. The summed E-state index contributed by atoms with van der Waals surface area (Å²) in [6, 6.07) is 0. The van der Waals surface area contributed by atoms with Gasteiger partial charge in [-0.2, -0.15) is 0 Å². The predicted molar refractivity (Wildman–Crippen MR) is 68.1 cm³/mol. The van der Waals surface area contributed by atoms with E-state index in [4.69, 9.17) is 0 Å². The number of aromatic nitrogens is 2.